The predicted octanol–water partition coefficient (Wildman–Crippen LogP) is 1.99. The smallest absolute Gasteiger partial charge is 0.263 e. The molecule has 2 aromatic carbocycles. The molecule has 1 aliphatic heterocycles. The van der Waals surface area contributed by atoms with Crippen molar-refractivity contribution >= 4 is 16.9 Å². The zero-order valence-corrected chi connectivity index (χ0v) is 13.8. The van der Waals surface area contributed by atoms with Crippen molar-refractivity contribution in [3.05, 3.63) is 70.3 Å². The molecule has 25 heavy (non-hydrogen) atoms. The number of fused-ring (bicyclic) bond motifs is 1. The van der Waals surface area contributed by atoms with Crippen molar-refractivity contribution in [3.8, 4) is 0 Å². The third kappa shape index (κ3) is 3.00. The lowest BCUT2D eigenvalue weighted by molar-refractivity contribution is 0.557. The first-order chi connectivity index (χ1) is 12.2. The lowest BCUT2D eigenvalue weighted by atomic mass is 10.2. The van der Waals surface area contributed by atoms with Crippen LogP contribution in [0.3, 0.4) is 0 Å². The van der Waals surface area contributed by atoms with Crippen molar-refractivity contribution < 1.29 is 4.39 Å². The van der Waals surface area contributed by atoms with Gasteiger partial charge in [0.15, 0.2) is 0 Å². The molecular formula is C19H19FN4O. The molecule has 3 aromatic rings. The molecule has 128 valence electrons. The standard InChI is InChI=1S/C19H19FN4O/c20-16-7-3-1-5-14(16)13-24-18(25)15-6-2-4-8-17(15)22-19(24)23-11-9-21-10-12-23/h1-8,21H,9-13H2. The van der Waals surface area contributed by atoms with Crippen LogP contribution in [0.15, 0.2) is 53.3 Å². The molecule has 1 aliphatic rings. The van der Waals surface area contributed by atoms with Gasteiger partial charge in [-0.2, -0.15) is 0 Å². The van der Waals surface area contributed by atoms with E-state index in [2.05, 4.69) is 10.2 Å². The van der Waals surface area contributed by atoms with Gasteiger partial charge in [0.25, 0.3) is 5.56 Å². The Morgan fingerprint density at radius 2 is 1.76 bits per heavy atom. The second-order valence-electron chi connectivity index (χ2n) is 6.15. The third-order valence-electron chi connectivity index (χ3n) is 4.53. The van der Waals surface area contributed by atoms with Crippen LogP contribution in [0.4, 0.5) is 10.3 Å². The average Bonchev–Trinajstić information content (AvgIpc) is 2.66. The summed E-state index contributed by atoms with van der Waals surface area (Å²) < 4.78 is 15.7. The summed E-state index contributed by atoms with van der Waals surface area (Å²) in [5, 5.41) is 3.85. The van der Waals surface area contributed by atoms with Gasteiger partial charge in [-0.15, -0.1) is 0 Å². The number of hydrogen-bond acceptors (Lipinski definition) is 4. The summed E-state index contributed by atoms with van der Waals surface area (Å²) in [5.74, 6) is 0.294. The van der Waals surface area contributed by atoms with E-state index in [1.165, 1.54) is 6.07 Å². The molecule has 0 saturated carbocycles. The van der Waals surface area contributed by atoms with Gasteiger partial charge in [-0.3, -0.25) is 9.36 Å². The number of halogens is 1. The first kappa shape index (κ1) is 15.8. The number of rotatable bonds is 3. The zero-order valence-electron chi connectivity index (χ0n) is 13.8. The van der Waals surface area contributed by atoms with Crippen LogP contribution in [0.1, 0.15) is 5.56 Å². The van der Waals surface area contributed by atoms with Gasteiger partial charge in [-0.25, -0.2) is 9.37 Å². The number of nitrogens with one attached hydrogen (secondary N) is 1. The molecule has 5 nitrogen and oxygen atoms in total. The van der Waals surface area contributed by atoms with E-state index in [0.29, 0.717) is 22.4 Å². The van der Waals surface area contributed by atoms with Gasteiger partial charge in [0.1, 0.15) is 5.82 Å². The maximum Gasteiger partial charge on any atom is 0.263 e. The largest absolute Gasteiger partial charge is 0.340 e. The van der Waals surface area contributed by atoms with Crippen LogP contribution < -0.4 is 15.8 Å². The van der Waals surface area contributed by atoms with Crippen LogP contribution in [-0.4, -0.2) is 35.7 Å². The highest BCUT2D eigenvalue weighted by Gasteiger charge is 2.19. The highest BCUT2D eigenvalue weighted by Crippen LogP contribution is 2.18. The predicted molar refractivity (Wildman–Crippen MR) is 96.6 cm³/mol. The molecule has 1 saturated heterocycles. The van der Waals surface area contributed by atoms with Crippen LogP contribution in [0, 0.1) is 5.82 Å². The third-order valence-corrected chi connectivity index (χ3v) is 4.53. The molecule has 0 atom stereocenters. The summed E-state index contributed by atoms with van der Waals surface area (Å²) in [4.78, 5) is 19.9. The fraction of sp³-hybridized carbons (Fsp3) is 0.263. The van der Waals surface area contributed by atoms with Crippen molar-refractivity contribution in [2.45, 2.75) is 6.54 Å². The van der Waals surface area contributed by atoms with Crippen LogP contribution in [0.25, 0.3) is 10.9 Å². The lowest BCUT2D eigenvalue weighted by Crippen LogP contribution is -2.46. The van der Waals surface area contributed by atoms with Gasteiger partial charge in [0.2, 0.25) is 5.95 Å². The van der Waals surface area contributed by atoms with Gasteiger partial charge >= 0.3 is 0 Å². The first-order valence-corrected chi connectivity index (χ1v) is 8.43. The molecule has 2 heterocycles. The number of aromatic nitrogens is 2. The second kappa shape index (κ2) is 6.64. The van der Waals surface area contributed by atoms with E-state index >= 15 is 0 Å². The van der Waals surface area contributed by atoms with Crippen molar-refractivity contribution in [2.75, 3.05) is 31.1 Å². The molecule has 4 rings (SSSR count). The molecule has 1 N–H and O–H groups in total. The Balaban J connectivity index is 1.88. The minimum Gasteiger partial charge on any atom is -0.340 e. The molecule has 0 amide bonds. The summed E-state index contributed by atoms with van der Waals surface area (Å²) in [5.41, 5.74) is 1.02. The Kier molecular flexibility index (Phi) is 4.19. The number of anilines is 1. The van der Waals surface area contributed by atoms with E-state index in [1.807, 2.05) is 18.2 Å². The van der Waals surface area contributed by atoms with E-state index in [1.54, 1.807) is 28.8 Å². The number of piperazine rings is 1. The minimum atomic E-state index is -0.311. The number of nitrogens with zero attached hydrogens (tertiary/aromatic N) is 3. The first-order valence-electron chi connectivity index (χ1n) is 8.43. The van der Waals surface area contributed by atoms with Crippen LogP contribution >= 0.6 is 0 Å². The van der Waals surface area contributed by atoms with Crippen molar-refractivity contribution in [1.29, 1.82) is 0 Å². The van der Waals surface area contributed by atoms with Crippen LogP contribution in [0.2, 0.25) is 0 Å². The van der Waals surface area contributed by atoms with Gasteiger partial charge < -0.3 is 10.2 Å². The lowest BCUT2D eigenvalue weighted by Gasteiger charge is -2.30. The highest BCUT2D eigenvalue weighted by molar-refractivity contribution is 5.78. The van der Waals surface area contributed by atoms with Crippen LogP contribution in [0.5, 0.6) is 0 Å². The Hall–Kier alpha value is -2.73. The summed E-state index contributed by atoms with van der Waals surface area (Å²) in [6.45, 7) is 3.37. The van der Waals surface area contributed by atoms with E-state index in [0.717, 1.165) is 26.2 Å². The highest BCUT2D eigenvalue weighted by atomic mass is 19.1. The number of para-hydroxylation sites is 1. The number of hydrogen-bond donors (Lipinski definition) is 1. The summed E-state index contributed by atoms with van der Waals surface area (Å²) in [6.07, 6.45) is 0. The molecule has 0 spiro atoms. The van der Waals surface area contributed by atoms with E-state index in [-0.39, 0.29) is 17.9 Å². The van der Waals surface area contributed by atoms with Crippen molar-refractivity contribution in [1.82, 2.24) is 14.9 Å². The minimum absolute atomic E-state index is 0.137. The van der Waals surface area contributed by atoms with Gasteiger partial charge in [0.05, 0.1) is 17.4 Å². The Labute approximate surface area is 144 Å². The SMILES string of the molecule is O=c1c2ccccc2nc(N2CCNCC2)n1Cc1ccccc1F. The summed E-state index contributed by atoms with van der Waals surface area (Å²) in [7, 11) is 0. The van der Waals surface area contributed by atoms with Gasteiger partial charge in [-0.1, -0.05) is 30.3 Å². The Bertz CT molecular complexity index is 963. The summed E-state index contributed by atoms with van der Waals surface area (Å²) >= 11 is 0. The van der Waals surface area contributed by atoms with E-state index in [4.69, 9.17) is 4.98 Å². The molecule has 0 aliphatic carbocycles. The molecule has 0 radical (unpaired) electrons. The molecule has 0 unspecified atom stereocenters. The summed E-state index contributed by atoms with van der Waals surface area (Å²) in [6, 6.07) is 13.9. The second-order valence-corrected chi connectivity index (χ2v) is 6.15. The van der Waals surface area contributed by atoms with Crippen molar-refractivity contribution in [3.63, 3.8) is 0 Å². The monoisotopic (exact) mass is 338 g/mol. The van der Waals surface area contributed by atoms with Crippen molar-refractivity contribution in [2.24, 2.45) is 0 Å². The topological polar surface area (TPSA) is 50.2 Å². The molecular weight excluding hydrogens is 319 g/mol. The number of benzene rings is 2. The van der Waals surface area contributed by atoms with Gasteiger partial charge in [0, 0.05) is 31.7 Å². The zero-order chi connectivity index (χ0) is 17.2. The van der Waals surface area contributed by atoms with E-state index in [9.17, 15) is 9.18 Å². The van der Waals surface area contributed by atoms with Crippen LogP contribution in [-0.2, 0) is 6.54 Å². The Morgan fingerprint density at radius 3 is 2.56 bits per heavy atom. The molecule has 1 fully saturated rings. The molecule has 0 bridgehead atoms. The maximum absolute atomic E-state index is 14.1. The normalized spacial score (nSPS) is 14.8. The quantitative estimate of drug-likeness (QED) is 0.794. The fourth-order valence-electron chi connectivity index (χ4n) is 3.20. The maximum atomic E-state index is 14.1. The Morgan fingerprint density at radius 1 is 1.04 bits per heavy atom. The average molecular weight is 338 g/mol. The van der Waals surface area contributed by atoms with Gasteiger partial charge in [-0.05, 0) is 18.2 Å². The molecule has 1 aromatic heterocycles. The van der Waals surface area contributed by atoms with E-state index < -0.39 is 0 Å². The molecule has 6 heteroatoms. The fourth-order valence-corrected chi connectivity index (χ4v) is 3.20.